The lowest BCUT2D eigenvalue weighted by Crippen LogP contribution is -2.42. The molecule has 0 rings (SSSR count). The Morgan fingerprint density at radius 1 is 0.535 bits per heavy atom. The van der Waals surface area contributed by atoms with Crippen molar-refractivity contribution in [1.29, 1.82) is 0 Å². The minimum absolute atomic E-state index is 0.168. The van der Waals surface area contributed by atoms with Gasteiger partial charge >= 0.3 is 5.97 Å². The van der Waals surface area contributed by atoms with Crippen molar-refractivity contribution in [3.63, 3.8) is 0 Å². The van der Waals surface area contributed by atoms with E-state index >= 15 is 0 Å². The highest BCUT2D eigenvalue weighted by atomic mass is 32.2. The van der Waals surface area contributed by atoms with Crippen molar-refractivity contribution in [2.45, 2.75) is 212 Å². The second kappa shape index (κ2) is 34.1. The standard InChI is InChI=1S/C37H73NO4S/c1-3-5-7-9-11-13-15-17-19-20-22-24-26-28-30-34(39)32-43-33-35(37(41)42)38-36(40)31-29-27-25-23-21-18-16-14-12-10-8-6-4-2/h34-35,39H,3-33H2,1-2H3,(H,38,40)(H,41,42)/t34?,35-/m0/s1. The van der Waals surface area contributed by atoms with Crippen molar-refractivity contribution >= 4 is 23.6 Å². The van der Waals surface area contributed by atoms with Gasteiger partial charge in [-0.05, 0) is 12.8 Å². The van der Waals surface area contributed by atoms with Gasteiger partial charge in [-0.15, -0.1) is 0 Å². The number of rotatable bonds is 35. The van der Waals surface area contributed by atoms with Gasteiger partial charge in [0.05, 0.1) is 6.10 Å². The lowest BCUT2D eigenvalue weighted by Gasteiger charge is -2.16. The van der Waals surface area contributed by atoms with Crippen molar-refractivity contribution in [2.75, 3.05) is 11.5 Å². The second-order valence-corrected chi connectivity index (χ2v) is 14.1. The zero-order valence-electron chi connectivity index (χ0n) is 28.7. The molecular weight excluding hydrogens is 554 g/mol. The first kappa shape index (κ1) is 42.2. The Morgan fingerprint density at radius 3 is 1.26 bits per heavy atom. The first-order valence-corrected chi connectivity index (χ1v) is 19.9. The fourth-order valence-electron chi connectivity index (χ4n) is 5.72. The number of carboxylic acids is 1. The average molecular weight is 628 g/mol. The lowest BCUT2D eigenvalue weighted by atomic mass is 10.0. The predicted octanol–water partition coefficient (Wildman–Crippen LogP) is 11.0. The highest BCUT2D eigenvalue weighted by Crippen LogP contribution is 2.16. The number of aliphatic hydroxyl groups excluding tert-OH is 1. The molecule has 0 aliphatic rings. The van der Waals surface area contributed by atoms with Gasteiger partial charge in [0.15, 0.2) is 0 Å². The molecule has 1 unspecified atom stereocenters. The van der Waals surface area contributed by atoms with Crippen molar-refractivity contribution in [2.24, 2.45) is 0 Å². The molecule has 2 atom stereocenters. The summed E-state index contributed by atoms with van der Waals surface area (Å²) in [4.78, 5) is 23.9. The van der Waals surface area contributed by atoms with Crippen LogP contribution >= 0.6 is 11.8 Å². The number of carbonyl (C=O) groups excluding carboxylic acids is 1. The monoisotopic (exact) mass is 628 g/mol. The van der Waals surface area contributed by atoms with E-state index in [9.17, 15) is 19.8 Å². The number of amides is 1. The summed E-state index contributed by atoms with van der Waals surface area (Å²) in [5.74, 6) is -0.335. The molecule has 5 nitrogen and oxygen atoms in total. The molecule has 0 aromatic carbocycles. The number of carboxylic acid groups (broad SMARTS) is 1. The molecule has 0 saturated heterocycles. The summed E-state index contributed by atoms with van der Waals surface area (Å²) >= 11 is 1.43. The molecule has 0 spiro atoms. The van der Waals surface area contributed by atoms with Crippen LogP contribution in [0.15, 0.2) is 0 Å². The number of hydrogen-bond donors (Lipinski definition) is 3. The molecule has 0 bridgehead atoms. The zero-order chi connectivity index (χ0) is 31.6. The molecule has 0 aromatic heterocycles. The van der Waals surface area contributed by atoms with E-state index in [0.29, 0.717) is 17.9 Å². The minimum atomic E-state index is -0.993. The number of hydrogen-bond acceptors (Lipinski definition) is 4. The van der Waals surface area contributed by atoms with Crippen molar-refractivity contribution in [1.82, 2.24) is 5.32 Å². The van der Waals surface area contributed by atoms with Gasteiger partial charge in [0.25, 0.3) is 0 Å². The van der Waals surface area contributed by atoms with E-state index < -0.39 is 18.1 Å². The van der Waals surface area contributed by atoms with E-state index in [-0.39, 0.29) is 5.91 Å². The molecule has 0 aliphatic carbocycles. The second-order valence-electron chi connectivity index (χ2n) is 13.0. The summed E-state index contributed by atoms with van der Waals surface area (Å²) in [6, 6.07) is -0.882. The molecule has 0 aromatic rings. The van der Waals surface area contributed by atoms with Gasteiger partial charge in [-0.1, -0.05) is 181 Å². The smallest absolute Gasteiger partial charge is 0.327 e. The zero-order valence-corrected chi connectivity index (χ0v) is 29.5. The first-order valence-electron chi connectivity index (χ1n) is 18.8. The Balaban J connectivity index is 3.62. The Morgan fingerprint density at radius 2 is 0.884 bits per heavy atom. The van der Waals surface area contributed by atoms with Gasteiger partial charge < -0.3 is 15.5 Å². The van der Waals surface area contributed by atoms with E-state index in [4.69, 9.17) is 0 Å². The summed E-state index contributed by atoms with van der Waals surface area (Å²) in [6.45, 7) is 4.53. The Labute approximate surface area is 271 Å². The van der Waals surface area contributed by atoms with Crippen molar-refractivity contribution < 1.29 is 19.8 Å². The summed E-state index contributed by atoms with van der Waals surface area (Å²) in [5.41, 5.74) is 0. The van der Waals surface area contributed by atoms with E-state index in [1.54, 1.807) is 0 Å². The third-order valence-corrected chi connectivity index (χ3v) is 9.82. The topological polar surface area (TPSA) is 86.6 Å². The molecule has 43 heavy (non-hydrogen) atoms. The lowest BCUT2D eigenvalue weighted by molar-refractivity contribution is -0.141. The number of nitrogens with one attached hydrogen (secondary N) is 1. The highest BCUT2D eigenvalue weighted by molar-refractivity contribution is 7.99. The molecule has 0 saturated carbocycles. The largest absolute Gasteiger partial charge is 0.480 e. The Kier molecular flexibility index (Phi) is 33.5. The number of thioether (sulfide) groups is 1. The van der Waals surface area contributed by atoms with Crippen molar-refractivity contribution in [3.8, 4) is 0 Å². The Bertz CT molecular complexity index is 603. The molecule has 1 amide bonds. The number of carbonyl (C=O) groups is 2. The molecule has 3 N–H and O–H groups in total. The maximum Gasteiger partial charge on any atom is 0.327 e. The molecule has 0 fully saturated rings. The van der Waals surface area contributed by atoms with Gasteiger partial charge in [-0.25, -0.2) is 4.79 Å². The summed E-state index contributed by atoms with van der Waals surface area (Å²) in [7, 11) is 0. The highest BCUT2D eigenvalue weighted by Gasteiger charge is 2.20. The fourth-order valence-corrected chi connectivity index (χ4v) is 6.76. The van der Waals surface area contributed by atoms with Crippen LogP contribution in [-0.2, 0) is 9.59 Å². The van der Waals surface area contributed by atoms with E-state index in [1.807, 2.05) is 0 Å². The number of unbranched alkanes of at least 4 members (excludes halogenated alkanes) is 25. The number of aliphatic hydroxyl groups is 1. The van der Waals surface area contributed by atoms with Gasteiger partial charge in [-0.2, -0.15) is 11.8 Å². The van der Waals surface area contributed by atoms with Gasteiger partial charge in [-0.3, -0.25) is 4.79 Å². The molecule has 6 heteroatoms. The molecular formula is C37H73NO4S. The SMILES string of the molecule is CCCCCCCCCCCCCCCCC(O)CSC[C@H](NC(=O)CCCCCCCCCCCCCCC)C(=O)O. The van der Waals surface area contributed by atoms with Crippen LogP contribution < -0.4 is 5.32 Å². The van der Waals surface area contributed by atoms with Crippen LogP contribution in [0.2, 0.25) is 0 Å². The molecule has 0 heterocycles. The van der Waals surface area contributed by atoms with E-state index in [1.165, 1.54) is 153 Å². The van der Waals surface area contributed by atoms with E-state index in [2.05, 4.69) is 19.2 Å². The molecule has 0 radical (unpaired) electrons. The van der Waals surface area contributed by atoms with Crippen LogP contribution in [-0.4, -0.2) is 45.7 Å². The summed E-state index contributed by atoms with van der Waals surface area (Å²) in [6.07, 6.45) is 35.7. The van der Waals surface area contributed by atoms with Crippen LogP contribution in [0.3, 0.4) is 0 Å². The van der Waals surface area contributed by atoms with Crippen LogP contribution in [0.4, 0.5) is 0 Å². The van der Waals surface area contributed by atoms with Crippen LogP contribution in [0.25, 0.3) is 0 Å². The summed E-state index contributed by atoms with van der Waals surface area (Å²) in [5, 5.41) is 22.5. The minimum Gasteiger partial charge on any atom is -0.480 e. The molecule has 256 valence electrons. The number of aliphatic carboxylic acids is 1. The normalized spacial score (nSPS) is 12.8. The van der Waals surface area contributed by atoms with Crippen LogP contribution in [0.1, 0.15) is 200 Å². The average Bonchev–Trinajstić information content (AvgIpc) is 2.99. The van der Waals surface area contributed by atoms with E-state index in [0.717, 1.165) is 38.5 Å². The Hall–Kier alpha value is -0.750. The van der Waals surface area contributed by atoms with Gasteiger partial charge in [0, 0.05) is 17.9 Å². The maximum atomic E-state index is 12.3. The summed E-state index contributed by atoms with van der Waals surface area (Å²) < 4.78 is 0. The van der Waals surface area contributed by atoms with Gasteiger partial charge in [0.1, 0.15) is 6.04 Å². The van der Waals surface area contributed by atoms with Crippen molar-refractivity contribution in [3.05, 3.63) is 0 Å². The third kappa shape index (κ3) is 32.5. The van der Waals surface area contributed by atoms with Crippen LogP contribution in [0, 0.1) is 0 Å². The quantitative estimate of drug-likeness (QED) is 0.0609. The maximum absolute atomic E-state index is 12.3. The molecule has 0 aliphatic heterocycles. The fraction of sp³-hybridized carbons (Fsp3) is 0.946. The first-order chi connectivity index (χ1) is 21.0. The third-order valence-electron chi connectivity index (χ3n) is 8.63. The van der Waals surface area contributed by atoms with Gasteiger partial charge in [0.2, 0.25) is 5.91 Å². The van der Waals surface area contributed by atoms with Crippen LogP contribution in [0.5, 0.6) is 0 Å². The predicted molar refractivity (Wildman–Crippen MR) is 188 cm³/mol.